The van der Waals surface area contributed by atoms with Crippen molar-refractivity contribution in [1.29, 1.82) is 0 Å². The van der Waals surface area contributed by atoms with Gasteiger partial charge in [0.05, 0.1) is 32.4 Å². The van der Waals surface area contributed by atoms with Crippen LogP contribution in [0.4, 0.5) is 0 Å². The van der Waals surface area contributed by atoms with Crippen molar-refractivity contribution in [3.05, 3.63) is 36.5 Å². The number of aromatic nitrogens is 3. The first-order chi connectivity index (χ1) is 12.9. The van der Waals surface area contributed by atoms with Gasteiger partial charge < -0.3 is 4.98 Å². The summed E-state index contributed by atoms with van der Waals surface area (Å²) in [6.45, 7) is 9.21. The summed E-state index contributed by atoms with van der Waals surface area (Å²) < 4.78 is 26.3. The van der Waals surface area contributed by atoms with Crippen molar-refractivity contribution in [2.24, 2.45) is 5.41 Å². The Labute approximate surface area is 167 Å². The first-order valence-electron chi connectivity index (χ1n) is 9.10. The van der Waals surface area contributed by atoms with Crippen LogP contribution in [0.1, 0.15) is 50.2 Å². The predicted molar refractivity (Wildman–Crippen MR) is 111 cm³/mol. The fourth-order valence-electron chi connectivity index (χ4n) is 3.20. The summed E-state index contributed by atoms with van der Waals surface area (Å²) in [6, 6.07) is -0.166. The number of aryl methyl sites for hydroxylation is 1. The van der Waals surface area contributed by atoms with Crippen LogP contribution in [0.3, 0.4) is 0 Å². The number of sulfone groups is 1. The highest BCUT2D eigenvalue weighted by Gasteiger charge is 2.31. The third kappa shape index (κ3) is 4.20. The minimum Gasteiger partial charge on any atom is -0.313 e. The number of H-pyrrole nitrogens is 1. The summed E-state index contributed by atoms with van der Waals surface area (Å²) in [6.07, 6.45) is 3.79. The van der Waals surface area contributed by atoms with Gasteiger partial charge in [-0.3, -0.25) is 14.3 Å². The van der Waals surface area contributed by atoms with Crippen LogP contribution < -0.4 is 14.8 Å². The molecule has 1 fully saturated rings. The van der Waals surface area contributed by atoms with E-state index in [1.165, 1.54) is 17.4 Å². The van der Waals surface area contributed by atoms with Gasteiger partial charge in [-0.1, -0.05) is 20.8 Å². The van der Waals surface area contributed by atoms with Gasteiger partial charge in [0.2, 0.25) is 0 Å². The summed E-state index contributed by atoms with van der Waals surface area (Å²) in [5, 5.41) is 4.52. The average Bonchev–Trinajstić information content (AvgIpc) is 3.18. The van der Waals surface area contributed by atoms with E-state index in [2.05, 4.69) is 10.1 Å². The standard InChI is InChI=1S/C19H25N3O4S2/c1-11-14(12(2)22(21-11)13-6-7-28(25,26)10-13)8-15-18(24)20-17(27-15)9-16(23)19(3,4)5/h8-9,13H,6-7,10H2,1-5H3,(H,20,24)/b15-8-,17-9-/t13-/m1/s1. The fourth-order valence-corrected chi connectivity index (χ4v) is 5.76. The Morgan fingerprint density at radius 3 is 2.57 bits per heavy atom. The van der Waals surface area contributed by atoms with Crippen LogP contribution in [0.25, 0.3) is 12.2 Å². The SMILES string of the molecule is Cc1nn([C@@H]2CCS(=O)(=O)C2)c(C)c1/C=c1\s/c(=C\C(=O)C(C)(C)C)[nH]c1=O. The second-order valence-electron chi connectivity index (χ2n) is 8.27. The van der Waals surface area contributed by atoms with Crippen LogP contribution in [-0.4, -0.2) is 40.5 Å². The molecule has 3 rings (SSSR count). The number of Topliss-reactive ketones (excluding diaryl/α,β-unsaturated/α-hetero) is 1. The van der Waals surface area contributed by atoms with E-state index in [4.69, 9.17) is 0 Å². The van der Waals surface area contributed by atoms with E-state index in [-0.39, 0.29) is 28.9 Å². The highest BCUT2D eigenvalue weighted by Crippen LogP contribution is 2.27. The van der Waals surface area contributed by atoms with E-state index in [1.54, 1.807) is 10.8 Å². The minimum absolute atomic E-state index is 0.0563. The molecule has 152 valence electrons. The number of hydrogen-bond donors (Lipinski definition) is 1. The van der Waals surface area contributed by atoms with Gasteiger partial charge in [0.25, 0.3) is 5.56 Å². The number of nitrogens with one attached hydrogen (secondary N) is 1. The molecule has 2 aromatic heterocycles. The number of hydrogen-bond acceptors (Lipinski definition) is 6. The zero-order chi connectivity index (χ0) is 20.9. The van der Waals surface area contributed by atoms with Crippen molar-refractivity contribution in [3.8, 4) is 0 Å². The Bertz CT molecular complexity index is 1210. The van der Waals surface area contributed by atoms with Gasteiger partial charge in [0.1, 0.15) is 0 Å². The van der Waals surface area contributed by atoms with E-state index in [9.17, 15) is 18.0 Å². The molecule has 0 spiro atoms. The molecule has 28 heavy (non-hydrogen) atoms. The number of ketones is 1. The number of rotatable bonds is 3. The Morgan fingerprint density at radius 2 is 2.00 bits per heavy atom. The van der Waals surface area contributed by atoms with Crippen LogP contribution in [-0.2, 0) is 14.6 Å². The first kappa shape index (κ1) is 20.7. The quantitative estimate of drug-likeness (QED) is 0.788. The number of carbonyl (C=O) groups excluding carboxylic acids is 1. The number of thiazole rings is 1. The minimum atomic E-state index is -3.01. The molecule has 1 aliphatic rings. The summed E-state index contributed by atoms with van der Waals surface area (Å²) in [4.78, 5) is 27.2. The van der Waals surface area contributed by atoms with Crippen LogP contribution >= 0.6 is 11.3 Å². The van der Waals surface area contributed by atoms with Crippen LogP contribution in [0, 0.1) is 19.3 Å². The highest BCUT2D eigenvalue weighted by atomic mass is 32.2. The Morgan fingerprint density at radius 1 is 1.32 bits per heavy atom. The van der Waals surface area contributed by atoms with Crippen molar-refractivity contribution in [1.82, 2.24) is 14.8 Å². The van der Waals surface area contributed by atoms with Gasteiger partial charge in [0.15, 0.2) is 15.6 Å². The van der Waals surface area contributed by atoms with Crippen molar-refractivity contribution < 1.29 is 13.2 Å². The third-order valence-corrected chi connectivity index (χ3v) is 7.61. The number of aromatic amines is 1. The van der Waals surface area contributed by atoms with Gasteiger partial charge in [-0.05, 0) is 26.3 Å². The van der Waals surface area contributed by atoms with Gasteiger partial charge in [-0.15, -0.1) is 11.3 Å². The molecule has 3 heterocycles. The van der Waals surface area contributed by atoms with Gasteiger partial charge in [-0.2, -0.15) is 5.10 Å². The molecule has 2 aromatic rings. The molecule has 0 amide bonds. The zero-order valence-corrected chi connectivity index (χ0v) is 18.3. The largest absolute Gasteiger partial charge is 0.313 e. The summed E-state index contributed by atoms with van der Waals surface area (Å²) >= 11 is 1.22. The molecule has 0 aromatic carbocycles. The molecule has 1 atom stereocenters. The van der Waals surface area contributed by atoms with E-state index < -0.39 is 15.3 Å². The van der Waals surface area contributed by atoms with Gasteiger partial charge in [0, 0.05) is 22.7 Å². The molecule has 1 N–H and O–H groups in total. The van der Waals surface area contributed by atoms with Gasteiger partial charge >= 0.3 is 0 Å². The first-order valence-corrected chi connectivity index (χ1v) is 11.7. The number of carbonyl (C=O) groups is 1. The summed E-state index contributed by atoms with van der Waals surface area (Å²) in [5.74, 6) is 0.224. The average molecular weight is 424 g/mol. The van der Waals surface area contributed by atoms with Crippen LogP contribution in [0.15, 0.2) is 4.79 Å². The van der Waals surface area contributed by atoms with Crippen molar-refractivity contribution in [3.63, 3.8) is 0 Å². The molecule has 1 aliphatic heterocycles. The van der Waals surface area contributed by atoms with Crippen LogP contribution in [0.2, 0.25) is 0 Å². The van der Waals surface area contributed by atoms with Crippen molar-refractivity contribution >= 4 is 39.1 Å². The smallest absolute Gasteiger partial charge is 0.266 e. The Kier molecular flexibility index (Phi) is 5.26. The maximum atomic E-state index is 12.3. The lowest BCUT2D eigenvalue weighted by atomic mass is 9.91. The van der Waals surface area contributed by atoms with E-state index >= 15 is 0 Å². The molecule has 7 nitrogen and oxygen atoms in total. The lowest BCUT2D eigenvalue weighted by Crippen LogP contribution is -2.22. The Balaban J connectivity index is 2.03. The molecular weight excluding hydrogens is 398 g/mol. The maximum absolute atomic E-state index is 12.3. The summed E-state index contributed by atoms with van der Waals surface area (Å²) in [5.41, 5.74) is 1.62. The molecule has 0 radical (unpaired) electrons. The second-order valence-corrected chi connectivity index (χ2v) is 11.6. The van der Waals surface area contributed by atoms with E-state index in [0.29, 0.717) is 15.6 Å². The normalized spacial score (nSPS) is 20.8. The molecular formula is C19H25N3O4S2. The number of nitrogens with zero attached hydrogens (tertiary/aromatic N) is 2. The third-order valence-electron chi connectivity index (χ3n) is 4.89. The van der Waals surface area contributed by atoms with Crippen molar-refractivity contribution in [2.45, 2.75) is 47.1 Å². The summed E-state index contributed by atoms with van der Waals surface area (Å²) in [7, 11) is -3.01. The lowest BCUT2D eigenvalue weighted by Gasteiger charge is -2.12. The Hall–Kier alpha value is -2.00. The molecule has 0 unspecified atom stereocenters. The highest BCUT2D eigenvalue weighted by molar-refractivity contribution is 7.91. The fraction of sp³-hybridized carbons (Fsp3) is 0.526. The molecule has 9 heteroatoms. The van der Waals surface area contributed by atoms with E-state index in [0.717, 1.165) is 17.0 Å². The molecule has 1 saturated heterocycles. The maximum Gasteiger partial charge on any atom is 0.266 e. The van der Waals surface area contributed by atoms with Crippen LogP contribution in [0.5, 0.6) is 0 Å². The van der Waals surface area contributed by atoms with E-state index in [1.807, 2.05) is 34.6 Å². The lowest BCUT2D eigenvalue weighted by molar-refractivity contribution is -0.119. The second kappa shape index (κ2) is 7.11. The monoisotopic (exact) mass is 423 g/mol. The predicted octanol–water partition coefficient (Wildman–Crippen LogP) is 0.834. The van der Waals surface area contributed by atoms with Crippen molar-refractivity contribution in [2.75, 3.05) is 11.5 Å². The molecule has 0 bridgehead atoms. The molecule has 0 saturated carbocycles. The molecule has 0 aliphatic carbocycles. The zero-order valence-electron chi connectivity index (χ0n) is 16.7. The van der Waals surface area contributed by atoms with Gasteiger partial charge in [-0.25, -0.2) is 8.42 Å². The topological polar surface area (TPSA) is 102 Å².